The molecule has 1 aromatic heterocycles. The number of fused-ring (bicyclic) bond motifs is 2. The number of nitrogens with one attached hydrogen (secondary N) is 1. The van der Waals surface area contributed by atoms with Crippen molar-refractivity contribution in [1.29, 1.82) is 0 Å². The van der Waals surface area contributed by atoms with Crippen LogP contribution in [0.25, 0.3) is 39.0 Å². The van der Waals surface area contributed by atoms with Crippen molar-refractivity contribution in [1.82, 2.24) is 14.8 Å². The zero-order valence-corrected chi connectivity index (χ0v) is 42.7. The first-order valence-electron chi connectivity index (χ1n) is 24.3. The van der Waals surface area contributed by atoms with Gasteiger partial charge in [0.2, 0.25) is 5.72 Å². The van der Waals surface area contributed by atoms with Crippen molar-refractivity contribution < 1.29 is 4.57 Å². The molecule has 2 aliphatic heterocycles. The summed E-state index contributed by atoms with van der Waals surface area (Å²) in [6.45, 7) is 42.0. The maximum Gasteiger partial charge on any atom is 0.412 e. The SMILES string of the molecule is CC1=CC(C)=C2c3cccc(-c4c(C)cc(C)cc4C)c3B(c3n(C(C)C)c(C)c(C)[n+]3C(C)C)N3NB(c4c(-c5c(C)cc(C)cc5C)cccc4-c4c(C)cc(C)cc4C)[C@H]1[C@]23C. The van der Waals surface area contributed by atoms with Gasteiger partial charge in [-0.25, -0.2) is 9.13 Å². The molecule has 3 heterocycles. The summed E-state index contributed by atoms with van der Waals surface area (Å²) in [6, 6.07) is 29.2. The topological polar surface area (TPSA) is 24.1 Å². The summed E-state index contributed by atoms with van der Waals surface area (Å²) in [6.07, 6.45) is 2.53. The predicted molar refractivity (Wildman–Crippen MR) is 281 cm³/mol. The van der Waals surface area contributed by atoms with Crippen LogP contribution in [-0.4, -0.2) is 28.7 Å². The normalized spacial score (nSPS) is 18.3. The standard InChI is InChI=1S/C59H71B2N4/c1-32(2)63-45(16)46(17)64(33(3)4)58(63)61-56-49(53-41(12)29-36(7)30-42(53)13)23-20-24-50(56)54-43(14)31-44(15)57-59(54,18)65(61)62-60(57)55-47(51-37(8)25-34(5)26-38(51)9)21-19-22-48(55)52-39(10)27-35(6)28-40(52)11/h19-33,57,62H,1-18H3/q+1/t57-,59+/m1/s1. The summed E-state index contributed by atoms with van der Waals surface area (Å²) in [5, 5.41) is 4.59. The highest BCUT2D eigenvalue weighted by atomic mass is 15.5. The van der Waals surface area contributed by atoms with Crippen molar-refractivity contribution in [3.8, 4) is 33.4 Å². The fourth-order valence-corrected chi connectivity index (χ4v) is 14.0. The number of rotatable bonds is 7. The lowest BCUT2D eigenvalue weighted by atomic mass is 9.37. The van der Waals surface area contributed by atoms with Crippen LogP contribution in [0.1, 0.15) is 128 Å². The number of hydrazine groups is 1. The minimum atomic E-state index is -0.414. The third-order valence-electron chi connectivity index (χ3n) is 15.7. The van der Waals surface area contributed by atoms with Crippen LogP contribution in [0.2, 0.25) is 5.82 Å². The minimum absolute atomic E-state index is 0.0500. The third-order valence-corrected chi connectivity index (χ3v) is 15.7. The summed E-state index contributed by atoms with van der Waals surface area (Å²) >= 11 is 0. The predicted octanol–water partition coefficient (Wildman–Crippen LogP) is 12.0. The molecule has 5 aromatic carbocycles. The van der Waals surface area contributed by atoms with Crippen LogP contribution in [-0.2, 0) is 0 Å². The van der Waals surface area contributed by atoms with Gasteiger partial charge in [-0.2, -0.15) is 0 Å². The van der Waals surface area contributed by atoms with Gasteiger partial charge in [0.05, 0.1) is 12.1 Å². The van der Waals surface area contributed by atoms with Gasteiger partial charge in [-0.05, 0) is 205 Å². The first kappa shape index (κ1) is 45.0. The Labute approximate surface area is 392 Å². The summed E-state index contributed by atoms with van der Waals surface area (Å²) < 4.78 is 5.35. The molecule has 0 spiro atoms. The van der Waals surface area contributed by atoms with Gasteiger partial charge in [0.1, 0.15) is 11.4 Å². The van der Waals surface area contributed by atoms with E-state index in [2.05, 4.69) is 223 Å². The van der Waals surface area contributed by atoms with Crippen molar-refractivity contribution in [3.05, 3.63) is 157 Å². The van der Waals surface area contributed by atoms with E-state index in [1.54, 1.807) is 0 Å². The monoisotopic (exact) mass is 858 g/mol. The highest BCUT2D eigenvalue weighted by Gasteiger charge is 2.66. The second-order valence-electron chi connectivity index (χ2n) is 21.3. The van der Waals surface area contributed by atoms with Crippen molar-refractivity contribution in [2.75, 3.05) is 0 Å². The van der Waals surface area contributed by atoms with Gasteiger partial charge in [-0.15, -0.1) is 0 Å². The molecule has 3 aliphatic rings. The van der Waals surface area contributed by atoms with E-state index in [4.69, 9.17) is 0 Å². The molecular formula is C59H71B2N4+. The molecule has 332 valence electrons. The van der Waals surface area contributed by atoms with Gasteiger partial charge < -0.3 is 0 Å². The van der Waals surface area contributed by atoms with E-state index in [9.17, 15) is 0 Å². The Morgan fingerprint density at radius 3 is 1.42 bits per heavy atom. The molecular weight excluding hydrogens is 786 g/mol. The number of benzene rings is 5. The van der Waals surface area contributed by atoms with Crippen LogP contribution in [0.4, 0.5) is 0 Å². The molecule has 4 nitrogen and oxygen atoms in total. The molecule has 0 unspecified atom stereocenters. The molecule has 0 amide bonds. The van der Waals surface area contributed by atoms with Gasteiger partial charge in [0, 0.05) is 25.2 Å². The maximum absolute atomic E-state index is 4.59. The quantitative estimate of drug-likeness (QED) is 0.128. The fraction of sp³-hybridized carbons (Fsp3) is 0.373. The average Bonchev–Trinajstić information content (AvgIpc) is 3.65. The first-order chi connectivity index (χ1) is 30.7. The largest absolute Gasteiger partial charge is 0.412 e. The van der Waals surface area contributed by atoms with Gasteiger partial charge >= 0.3 is 6.85 Å². The number of hydrogen-bond donors (Lipinski definition) is 1. The van der Waals surface area contributed by atoms with E-state index in [0.29, 0.717) is 0 Å². The van der Waals surface area contributed by atoms with Crippen LogP contribution in [0.3, 0.4) is 0 Å². The molecule has 9 rings (SSSR count). The smallest absolute Gasteiger partial charge is 0.296 e. The van der Waals surface area contributed by atoms with E-state index in [1.165, 1.54) is 134 Å². The Hall–Kier alpha value is -5.16. The van der Waals surface area contributed by atoms with E-state index in [1.807, 2.05) is 0 Å². The first-order valence-corrected chi connectivity index (χ1v) is 24.3. The summed E-state index contributed by atoms with van der Waals surface area (Å²) in [5.41, 5.74) is 31.9. The molecule has 0 bridgehead atoms. The Kier molecular flexibility index (Phi) is 11.1. The number of aromatic nitrogens is 2. The zero-order valence-electron chi connectivity index (χ0n) is 42.7. The van der Waals surface area contributed by atoms with E-state index < -0.39 is 5.54 Å². The number of imidazole rings is 1. The lowest BCUT2D eigenvalue weighted by Gasteiger charge is -2.51. The molecule has 1 aliphatic carbocycles. The Morgan fingerprint density at radius 1 is 0.585 bits per heavy atom. The second kappa shape index (κ2) is 16.0. The Balaban J connectivity index is 1.45. The molecule has 1 fully saturated rings. The molecule has 0 radical (unpaired) electrons. The third kappa shape index (κ3) is 6.67. The minimum Gasteiger partial charge on any atom is -0.296 e. The van der Waals surface area contributed by atoms with Gasteiger partial charge in [-0.3, -0.25) is 10.3 Å². The molecule has 1 N–H and O–H groups in total. The average molecular weight is 858 g/mol. The maximum atomic E-state index is 4.59. The number of aryl methyl sites for hydroxylation is 9. The van der Waals surface area contributed by atoms with Crippen molar-refractivity contribution in [3.63, 3.8) is 0 Å². The number of allylic oxidation sites excluding steroid dienone is 2. The van der Waals surface area contributed by atoms with E-state index in [0.717, 1.165) is 0 Å². The van der Waals surface area contributed by atoms with Crippen LogP contribution >= 0.6 is 0 Å². The van der Waals surface area contributed by atoms with Gasteiger partial charge in [0.15, 0.2) is 0 Å². The highest BCUT2D eigenvalue weighted by molar-refractivity contribution is 6.86. The number of hydrogen-bond acceptors (Lipinski definition) is 2. The summed E-state index contributed by atoms with van der Waals surface area (Å²) in [7, 11) is 0. The van der Waals surface area contributed by atoms with E-state index in [-0.39, 0.29) is 31.6 Å². The molecule has 0 saturated carbocycles. The lowest BCUT2D eigenvalue weighted by molar-refractivity contribution is -0.705. The molecule has 1 saturated heterocycles. The molecule has 2 atom stereocenters. The van der Waals surface area contributed by atoms with E-state index >= 15 is 0 Å². The summed E-state index contributed by atoms with van der Waals surface area (Å²) in [4.78, 5) is 2.79. The fourth-order valence-electron chi connectivity index (χ4n) is 14.0. The molecule has 6 aromatic rings. The van der Waals surface area contributed by atoms with Gasteiger partial charge in [0.25, 0.3) is 6.85 Å². The molecule has 65 heavy (non-hydrogen) atoms. The Bertz CT molecular complexity index is 2870. The van der Waals surface area contributed by atoms with Crippen LogP contribution < -0.4 is 26.6 Å². The van der Waals surface area contributed by atoms with Crippen molar-refractivity contribution >= 4 is 35.9 Å². The Morgan fingerprint density at radius 2 is 1.00 bits per heavy atom. The zero-order chi connectivity index (χ0) is 46.9. The highest BCUT2D eigenvalue weighted by Crippen LogP contribution is 2.56. The van der Waals surface area contributed by atoms with Crippen LogP contribution in [0.5, 0.6) is 0 Å². The summed E-state index contributed by atoms with van der Waals surface area (Å²) in [5.74, 6) is 0.123. The van der Waals surface area contributed by atoms with Gasteiger partial charge in [-0.1, -0.05) is 101 Å². The number of nitrogens with zero attached hydrogens (tertiary/aromatic N) is 3. The molecule has 6 heteroatoms. The van der Waals surface area contributed by atoms with Crippen LogP contribution in [0, 0.1) is 76.2 Å². The van der Waals surface area contributed by atoms with Crippen molar-refractivity contribution in [2.24, 2.45) is 0 Å². The lowest BCUT2D eigenvalue weighted by Crippen LogP contribution is -2.77. The van der Waals surface area contributed by atoms with Crippen molar-refractivity contribution in [2.45, 2.75) is 148 Å². The second-order valence-corrected chi connectivity index (χ2v) is 21.3. The van der Waals surface area contributed by atoms with Crippen LogP contribution in [0.15, 0.2) is 90.0 Å².